The van der Waals surface area contributed by atoms with E-state index in [1.165, 1.54) is 7.11 Å². The van der Waals surface area contributed by atoms with Crippen molar-refractivity contribution in [3.8, 4) is 11.5 Å². The summed E-state index contributed by atoms with van der Waals surface area (Å²) in [5.41, 5.74) is 2.72. The highest BCUT2D eigenvalue weighted by Gasteiger charge is 2.24. The number of benzene rings is 2. The van der Waals surface area contributed by atoms with Gasteiger partial charge in [-0.15, -0.1) is 0 Å². The SMILES string of the molecule is COc1cc(C=C2N=C(c3ccc(C)cc3)OC2=O)ccc1OCC(=O)N1CCOCC1. The molecule has 8 heteroatoms. The average molecular weight is 436 g/mol. The van der Waals surface area contributed by atoms with Crippen LogP contribution in [-0.2, 0) is 19.1 Å². The van der Waals surface area contributed by atoms with E-state index < -0.39 is 5.97 Å². The van der Waals surface area contributed by atoms with Gasteiger partial charge in [-0.1, -0.05) is 23.8 Å². The van der Waals surface area contributed by atoms with Crippen LogP contribution in [0.15, 0.2) is 53.2 Å². The Morgan fingerprint density at radius 1 is 1.12 bits per heavy atom. The van der Waals surface area contributed by atoms with Gasteiger partial charge in [-0.3, -0.25) is 4.79 Å². The van der Waals surface area contributed by atoms with E-state index in [0.717, 1.165) is 11.1 Å². The lowest BCUT2D eigenvalue weighted by molar-refractivity contribution is -0.137. The summed E-state index contributed by atoms with van der Waals surface area (Å²) in [7, 11) is 1.51. The first-order valence-electron chi connectivity index (χ1n) is 10.3. The quantitative estimate of drug-likeness (QED) is 0.511. The van der Waals surface area contributed by atoms with Gasteiger partial charge in [0.15, 0.2) is 23.8 Å². The zero-order chi connectivity index (χ0) is 22.5. The molecule has 2 aromatic rings. The van der Waals surface area contributed by atoms with Gasteiger partial charge < -0.3 is 23.8 Å². The molecule has 32 heavy (non-hydrogen) atoms. The van der Waals surface area contributed by atoms with Gasteiger partial charge in [0.05, 0.1) is 20.3 Å². The van der Waals surface area contributed by atoms with Crippen molar-refractivity contribution >= 4 is 23.9 Å². The van der Waals surface area contributed by atoms with Crippen molar-refractivity contribution in [3.63, 3.8) is 0 Å². The first kappa shape index (κ1) is 21.6. The van der Waals surface area contributed by atoms with Crippen LogP contribution in [-0.4, -0.2) is 62.7 Å². The van der Waals surface area contributed by atoms with E-state index >= 15 is 0 Å². The maximum atomic E-state index is 12.3. The third-order valence-corrected chi connectivity index (χ3v) is 5.13. The predicted octanol–water partition coefficient (Wildman–Crippen LogP) is 2.59. The zero-order valence-corrected chi connectivity index (χ0v) is 18.0. The number of cyclic esters (lactones) is 1. The number of ether oxygens (including phenoxy) is 4. The van der Waals surface area contributed by atoms with E-state index in [1.807, 2.05) is 31.2 Å². The Balaban J connectivity index is 1.47. The van der Waals surface area contributed by atoms with Gasteiger partial charge in [0.25, 0.3) is 5.91 Å². The highest BCUT2D eigenvalue weighted by Crippen LogP contribution is 2.30. The molecule has 4 rings (SSSR count). The van der Waals surface area contributed by atoms with E-state index in [4.69, 9.17) is 18.9 Å². The van der Waals surface area contributed by atoms with Crippen molar-refractivity contribution < 1.29 is 28.5 Å². The van der Waals surface area contributed by atoms with Crippen molar-refractivity contribution in [1.29, 1.82) is 0 Å². The summed E-state index contributed by atoms with van der Waals surface area (Å²) >= 11 is 0. The molecule has 1 saturated heterocycles. The van der Waals surface area contributed by atoms with Gasteiger partial charge in [-0.05, 0) is 42.8 Å². The minimum atomic E-state index is -0.518. The van der Waals surface area contributed by atoms with Crippen LogP contribution in [0, 0.1) is 6.92 Å². The molecule has 8 nitrogen and oxygen atoms in total. The molecule has 2 aromatic carbocycles. The van der Waals surface area contributed by atoms with Gasteiger partial charge in [0, 0.05) is 18.7 Å². The molecule has 0 aliphatic carbocycles. The van der Waals surface area contributed by atoms with Crippen molar-refractivity contribution in [2.45, 2.75) is 6.92 Å². The number of hydrogen-bond donors (Lipinski definition) is 0. The number of carbonyl (C=O) groups excluding carboxylic acids is 2. The molecule has 0 unspecified atom stereocenters. The molecule has 0 N–H and O–H groups in total. The van der Waals surface area contributed by atoms with Crippen LogP contribution in [0.4, 0.5) is 0 Å². The number of carbonyl (C=O) groups is 2. The van der Waals surface area contributed by atoms with E-state index in [-0.39, 0.29) is 24.1 Å². The van der Waals surface area contributed by atoms with Crippen LogP contribution >= 0.6 is 0 Å². The standard InChI is InChI=1S/C24H24N2O6/c1-16-3-6-18(7-4-16)23-25-19(24(28)32-23)13-17-5-8-20(21(14-17)29-2)31-15-22(27)26-9-11-30-12-10-26/h3-8,13-14H,9-12,15H2,1-2H3. The molecule has 1 amide bonds. The molecule has 0 bridgehead atoms. The predicted molar refractivity (Wildman–Crippen MR) is 118 cm³/mol. The molecule has 0 aromatic heterocycles. The largest absolute Gasteiger partial charge is 0.493 e. The summed E-state index contributed by atoms with van der Waals surface area (Å²) in [6.45, 7) is 4.09. The summed E-state index contributed by atoms with van der Waals surface area (Å²) in [6, 6.07) is 12.8. The van der Waals surface area contributed by atoms with E-state index in [9.17, 15) is 9.59 Å². The van der Waals surface area contributed by atoms with Crippen LogP contribution < -0.4 is 9.47 Å². The van der Waals surface area contributed by atoms with Crippen molar-refractivity contribution in [1.82, 2.24) is 4.90 Å². The topological polar surface area (TPSA) is 86.7 Å². The number of amides is 1. The van der Waals surface area contributed by atoms with Crippen molar-refractivity contribution in [2.24, 2.45) is 4.99 Å². The molecular formula is C24H24N2O6. The third kappa shape index (κ3) is 4.97. The lowest BCUT2D eigenvalue weighted by Gasteiger charge is -2.26. The minimum Gasteiger partial charge on any atom is -0.493 e. The Morgan fingerprint density at radius 3 is 2.59 bits per heavy atom. The van der Waals surface area contributed by atoms with E-state index in [1.54, 1.807) is 29.2 Å². The normalized spacial score (nSPS) is 17.2. The third-order valence-electron chi connectivity index (χ3n) is 5.13. The van der Waals surface area contributed by atoms with Gasteiger partial charge in [0.1, 0.15) is 0 Å². The first-order valence-corrected chi connectivity index (χ1v) is 10.3. The first-order chi connectivity index (χ1) is 15.5. The fraction of sp³-hybridized carbons (Fsp3) is 0.292. The fourth-order valence-electron chi connectivity index (χ4n) is 3.32. The number of morpholine rings is 1. The van der Waals surface area contributed by atoms with E-state index in [0.29, 0.717) is 43.4 Å². The second-order valence-electron chi connectivity index (χ2n) is 7.39. The number of hydrogen-bond acceptors (Lipinski definition) is 7. The summed E-state index contributed by atoms with van der Waals surface area (Å²) in [5.74, 6) is 0.538. The second kappa shape index (κ2) is 9.65. The Bertz CT molecular complexity index is 1070. The Hall–Kier alpha value is -3.65. The maximum Gasteiger partial charge on any atom is 0.363 e. The lowest BCUT2D eigenvalue weighted by Crippen LogP contribution is -2.43. The molecular weight excluding hydrogens is 412 g/mol. The molecule has 2 aliphatic rings. The molecule has 0 atom stereocenters. The van der Waals surface area contributed by atoms with E-state index in [2.05, 4.69) is 4.99 Å². The smallest absolute Gasteiger partial charge is 0.363 e. The summed E-state index contributed by atoms with van der Waals surface area (Å²) < 4.78 is 21.7. The minimum absolute atomic E-state index is 0.0900. The summed E-state index contributed by atoms with van der Waals surface area (Å²) in [4.78, 5) is 30.6. The van der Waals surface area contributed by atoms with Crippen LogP contribution in [0.3, 0.4) is 0 Å². The van der Waals surface area contributed by atoms with Crippen LogP contribution in [0.1, 0.15) is 16.7 Å². The van der Waals surface area contributed by atoms with Gasteiger partial charge in [-0.2, -0.15) is 0 Å². The van der Waals surface area contributed by atoms with Crippen molar-refractivity contribution in [3.05, 3.63) is 64.9 Å². The van der Waals surface area contributed by atoms with Crippen molar-refractivity contribution in [2.75, 3.05) is 40.0 Å². The van der Waals surface area contributed by atoms with Crippen LogP contribution in [0.5, 0.6) is 11.5 Å². The molecule has 1 fully saturated rings. The second-order valence-corrected chi connectivity index (χ2v) is 7.39. The molecule has 0 radical (unpaired) electrons. The lowest BCUT2D eigenvalue weighted by atomic mass is 10.1. The molecule has 2 aliphatic heterocycles. The number of esters is 1. The summed E-state index contributed by atoms with van der Waals surface area (Å²) in [5, 5.41) is 0. The summed E-state index contributed by atoms with van der Waals surface area (Å²) in [6.07, 6.45) is 1.62. The fourth-order valence-corrected chi connectivity index (χ4v) is 3.32. The number of rotatable bonds is 6. The highest BCUT2D eigenvalue weighted by atomic mass is 16.6. The Kier molecular flexibility index (Phi) is 6.51. The van der Waals surface area contributed by atoms with Gasteiger partial charge in [-0.25, -0.2) is 9.79 Å². The maximum absolute atomic E-state index is 12.3. The average Bonchev–Trinajstić information content (AvgIpc) is 3.18. The van der Waals surface area contributed by atoms with Crippen LogP contribution in [0.25, 0.3) is 6.08 Å². The Morgan fingerprint density at radius 2 is 1.88 bits per heavy atom. The molecule has 0 saturated carbocycles. The highest BCUT2D eigenvalue weighted by molar-refractivity contribution is 6.12. The number of aliphatic imine (C=N–C) groups is 1. The van der Waals surface area contributed by atoms with Gasteiger partial charge in [0.2, 0.25) is 5.90 Å². The number of methoxy groups -OCH3 is 1. The molecule has 166 valence electrons. The van der Waals surface area contributed by atoms with Crippen LogP contribution in [0.2, 0.25) is 0 Å². The monoisotopic (exact) mass is 436 g/mol. The van der Waals surface area contributed by atoms with Gasteiger partial charge >= 0.3 is 5.97 Å². The zero-order valence-electron chi connectivity index (χ0n) is 18.0. The Labute approximate surface area is 186 Å². The molecule has 2 heterocycles. The number of aryl methyl sites for hydroxylation is 1. The molecule has 0 spiro atoms. The number of nitrogens with zero attached hydrogens (tertiary/aromatic N) is 2.